The average Bonchev–Trinajstić information content (AvgIpc) is 2.27. The van der Waals surface area contributed by atoms with Crippen molar-refractivity contribution in [1.29, 1.82) is 0 Å². The summed E-state index contributed by atoms with van der Waals surface area (Å²) in [6.45, 7) is 2.58. The number of benzene rings is 1. The SMILES string of the molecule is CC(CCOC(N)=O)CCc1ccccc1. The fraction of sp³-hybridized carbons (Fsp3) is 0.462. The topological polar surface area (TPSA) is 52.3 Å². The van der Waals surface area contributed by atoms with E-state index in [1.54, 1.807) is 0 Å². The minimum Gasteiger partial charge on any atom is -0.450 e. The molecule has 0 saturated heterocycles. The van der Waals surface area contributed by atoms with Crippen molar-refractivity contribution >= 4 is 6.09 Å². The van der Waals surface area contributed by atoms with Gasteiger partial charge in [0, 0.05) is 0 Å². The van der Waals surface area contributed by atoms with Gasteiger partial charge in [0.1, 0.15) is 0 Å². The number of carbonyl (C=O) groups is 1. The van der Waals surface area contributed by atoms with Crippen LogP contribution >= 0.6 is 0 Å². The molecule has 0 aliphatic heterocycles. The van der Waals surface area contributed by atoms with Gasteiger partial charge >= 0.3 is 6.09 Å². The summed E-state index contributed by atoms with van der Waals surface area (Å²) in [4.78, 5) is 10.4. The van der Waals surface area contributed by atoms with Crippen molar-refractivity contribution < 1.29 is 9.53 Å². The van der Waals surface area contributed by atoms with Crippen molar-refractivity contribution in [2.45, 2.75) is 26.2 Å². The van der Waals surface area contributed by atoms with Gasteiger partial charge in [-0.25, -0.2) is 4.79 Å². The summed E-state index contributed by atoms with van der Waals surface area (Å²) in [5.41, 5.74) is 6.23. The average molecular weight is 221 g/mol. The Hall–Kier alpha value is -1.51. The fourth-order valence-electron chi connectivity index (χ4n) is 1.56. The highest BCUT2D eigenvalue weighted by atomic mass is 16.5. The molecule has 88 valence electrons. The van der Waals surface area contributed by atoms with Crippen LogP contribution in [0.3, 0.4) is 0 Å². The number of ether oxygens (including phenoxy) is 1. The highest BCUT2D eigenvalue weighted by molar-refractivity contribution is 5.64. The Morgan fingerprint density at radius 1 is 1.31 bits per heavy atom. The van der Waals surface area contributed by atoms with E-state index >= 15 is 0 Å². The van der Waals surface area contributed by atoms with E-state index in [2.05, 4.69) is 31.2 Å². The van der Waals surface area contributed by atoms with Crippen LogP contribution in [-0.2, 0) is 11.2 Å². The molecule has 3 nitrogen and oxygen atoms in total. The first kappa shape index (κ1) is 12.6. The molecule has 0 saturated carbocycles. The summed E-state index contributed by atoms with van der Waals surface area (Å²) >= 11 is 0. The molecule has 1 aromatic carbocycles. The lowest BCUT2D eigenvalue weighted by Crippen LogP contribution is -2.15. The lowest BCUT2D eigenvalue weighted by atomic mass is 9.99. The zero-order valence-electron chi connectivity index (χ0n) is 9.69. The predicted octanol–water partition coefficient (Wildman–Crippen LogP) is 2.74. The molecule has 2 N–H and O–H groups in total. The van der Waals surface area contributed by atoms with Crippen LogP contribution in [-0.4, -0.2) is 12.7 Å². The Morgan fingerprint density at radius 3 is 2.62 bits per heavy atom. The summed E-state index contributed by atoms with van der Waals surface area (Å²) in [6.07, 6.45) is 2.36. The fourth-order valence-corrected chi connectivity index (χ4v) is 1.56. The van der Waals surface area contributed by atoms with E-state index in [1.165, 1.54) is 5.56 Å². The first-order chi connectivity index (χ1) is 7.68. The number of aryl methyl sites for hydroxylation is 1. The molecule has 0 spiro atoms. The second kappa shape index (κ2) is 6.88. The first-order valence-electron chi connectivity index (χ1n) is 5.64. The van der Waals surface area contributed by atoms with Gasteiger partial charge in [0.15, 0.2) is 0 Å². The monoisotopic (exact) mass is 221 g/mol. The molecule has 3 heteroatoms. The first-order valence-corrected chi connectivity index (χ1v) is 5.64. The van der Waals surface area contributed by atoms with Crippen LogP contribution in [0.15, 0.2) is 30.3 Å². The number of primary amides is 1. The van der Waals surface area contributed by atoms with Crippen LogP contribution in [0, 0.1) is 5.92 Å². The molecule has 16 heavy (non-hydrogen) atoms. The van der Waals surface area contributed by atoms with Crippen LogP contribution in [0.25, 0.3) is 0 Å². The highest BCUT2D eigenvalue weighted by Gasteiger charge is 2.04. The van der Waals surface area contributed by atoms with E-state index in [0.29, 0.717) is 12.5 Å². The van der Waals surface area contributed by atoms with Crippen LogP contribution in [0.4, 0.5) is 4.79 Å². The number of nitrogens with two attached hydrogens (primary N) is 1. The summed E-state index contributed by atoms with van der Waals surface area (Å²) < 4.78 is 4.70. The van der Waals surface area contributed by atoms with Crippen LogP contribution < -0.4 is 5.73 Å². The van der Waals surface area contributed by atoms with Crippen LogP contribution in [0.1, 0.15) is 25.3 Å². The van der Waals surface area contributed by atoms with E-state index in [0.717, 1.165) is 19.3 Å². The maximum Gasteiger partial charge on any atom is 0.404 e. The van der Waals surface area contributed by atoms with Gasteiger partial charge in [-0.2, -0.15) is 0 Å². The summed E-state index contributed by atoms with van der Waals surface area (Å²) in [7, 11) is 0. The predicted molar refractivity (Wildman–Crippen MR) is 64.1 cm³/mol. The summed E-state index contributed by atoms with van der Waals surface area (Å²) in [5.74, 6) is 0.541. The van der Waals surface area contributed by atoms with E-state index < -0.39 is 6.09 Å². The second-order valence-corrected chi connectivity index (χ2v) is 4.09. The molecule has 1 amide bonds. The molecule has 0 radical (unpaired) electrons. The van der Waals surface area contributed by atoms with Crippen molar-refractivity contribution in [2.75, 3.05) is 6.61 Å². The molecule has 0 heterocycles. The molecule has 1 atom stereocenters. The summed E-state index contributed by atoms with van der Waals surface area (Å²) in [6, 6.07) is 10.4. The van der Waals surface area contributed by atoms with Crippen molar-refractivity contribution in [2.24, 2.45) is 11.7 Å². The molecule has 0 aromatic heterocycles. The highest BCUT2D eigenvalue weighted by Crippen LogP contribution is 2.12. The second-order valence-electron chi connectivity index (χ2n) is 4.09. The quantitative estimate of drug-likeness (QED) is 0.803. The normalized spacial score (nSPS) is 12.1. The molecule has 0 fully saturated rings. The third-order valence-electron chi connectivity index (χ3n) is 2.62. The standard InChI is InChI=1S/C13H19NO2/c1-11(9-10-16-13(14)15)7-8-12-5-3-2-4-6-12/h2-6,11H,7-10H2,1H3,(H2,14,15). The number of carbonyl (C=O) groups excluding carboxylic acids is 1. The van der Waals surface area contributed by atoms with E-state index in [9.17, 15) is 4.79 Å². The Labute approximate surface area is 96.6 Å². The van der Waals surface area contributed by atoms with Crippen molar-refractivity contribution in [3.05, 3.63) is 35.9 Å². The lowest BCUT2D eigenvalue weighted by molar-refractivity contribution is 0.149. The van der Waals surface area contributed by atoms with E-state index in [-0.39, 0.29) is 0 Å². The number of hydrogen-bond acceptors (Lipinski definition) is 2. The molecule has 1 rings (SSSR count). The Balaban J connectivity index is 2.15. The molecule has 0 bridgehead atoms. The van der Waals surface area contributed by atoms with Gasteiger partial charge < -0.3 is 10.5 Å². The zero-order valence-corrected chi connectivity index (χ0v) is 9.69. The van der Waals surface area contributed by atoms with Gasteiger partial charge in [0.05, 0.1) is 6.61 Å². The molecule has 1 unspecified atom stereocenters. The van der Waals surface area contributed by atoms with Gasteiger partial charge in [-0.15, -0.1) is 0 Å². The third kappa shape index (κ3) is 5.39. The van der Waals surface area contributed by atoms with Gasteiger partial charge in [0.2, 0.25) is 0 Å². The molecule has 1 aromatic rings. The van der Waals surface area contributed by atoms with E-state index in [1.807, 2.05) is 6.07 Å². The molecule has 0 aliphatic rings. The van der Waals surface area contributed by atoms with Gasteiger partial charge in [-0.3, -0.25) is 0 Å². The number of hydrogen-bond donors (Lipinski definition) is 1. The lowest BCUT2D eigenvalue weighted by Gasteiger charge is -2.10. The minimum atomic E-state index is -0.685. The van der Waals surface area contributed by atoms with Gasteiger partial charge in [-0.05, 0) is 30.7 Å². The Kier molecular flexibility index (Phi) is 5.40. The molecule has 0 aliphatic carbocycles. The molecular weight excluding hydrogens is 202 g/mol. The molecular formula is C13H19NO2. The smallest absolute Gasteiger partial charge is 0.404 e. The van der Waals surface area contributed by atoms with Crippen LogP contribution in [0.2, 0.25) is 0 Å². The number of rotatable bonds is 6. The Bertz CT molecular complexity index is 311. The zero-order chi connectivity index (χ0) is 11.8. The van der Waals surface area contributed by atoms with Gasteiger partial charge in [-0.1, -0.05) is 37.3 Å². The van der Waals surface area contributed by atoms with Crippen molar-refractivity contribution in [3.63, 3.8) is 0 Å². The Morgan fingerprint density at radius 2 is 2.00 bits per heavy atom. The van der Waals surface area contributed by atoms with E-state index in [4.69, 9.17) is 10.5 Å². The van der Waals surface area contributed by atoms with Crippen LogP contribution in [0.5, 0.6) is 0 Å². The minimum absolute atomic E-state index is 0.422. The van der Waals surface area contributed by atoms with Crippen molar-refractivity contribution in [1.82, 2.24) is 0 Å². The third-order valence-corrected chi connectivity index (χ3v) is 2.62. The maximum absolute atomic E-state index is 10.4. The summed E-state index contributed by atoms with van der Waals surface area (Å²) in [5, 5.41) is 0. The van der Waals surface area contributed by atoms with Crippen molar-refractivity contribution in [3.8, 4) is 0 Å². The largest absolute Gasteiger partial charge is 0.450 e. The number of amides is 1. The van der Waals surface area contributed by atoms with Gasteiger partial charge in [0.25, 0.3) is 0 Å². The maximum atomic E-state index is 10.4.